The standard InChI is InChI=1S/C19H21FN4O4/c1-11(25)23(2)14-7-8-24-15(9-14)22-16(17(26)19(24)28)18(27)21-10-12-3-5-13(20)6-4-12/h3-6,14,26H,7-10H2,1-2H3,(H,21,27). The summed E-state index contributed by atoms with van der Waals surface area (Å²) in [7, 11) is 1.68. The largest absolute Gasteiger partial charge is 0.501 e. The highest BCUT2D eigenvalue weighted by molar-refractivity contribution is 5.94. The zero-order valence-electron chi connectivity index (χ0n) is 15.6. The fourth-order valence-electron chi connectivity index (χ4n) is 3.18. The van der Waals surface area contributed by atoms with Gasteiger partial charge in [-0.3, -0.25) is 19.0 Å². The molecule has 0 radical (unpaired) electrons. The van der Waals surface area contributed by atoms with Crippen molar-refractivity contribution in [3.63, 3.8) is 0 Å². The molecule has 1 aromatic heterocycles. The summed E-state index contributed by atoms with van der Waals surface area (Å²) in [6.07, 6.45) is 0.865. The first-order chi connectivity index (χ1) is 13.3. The fraction of sp³-hybridized carbons (Fsp3) is 0.368. The van der Waals surface area contributed by atoms with Gasteiger partial charge in [0.2, 0.25) is 11.7 Å². The first-order valence-electron chi connectivity index (χ1n) is 8.86. The van der Waals surface area contributed by atoms with E-state index in [1.165, 1.54) is 35.8 Å². The maximum absolute atomic E-state index is 13.0. The number of aromatic hydroxyl groups is 1. The molecule has 2 aromatic rings. The molecule has 9 heteroatoms. The van der Waals surface area contributed by atoms with Crippen LogP contribution in [-0.2, 0) is 24.3 Å². The maximum Gasteiger partial charge on any atom is 0.296 e. The van der Waals surface area contributed by atoms with Gasteiger partial charge in [-0.1, -0.05) is 12.1 Å². The summed E-state index contributed by atoms with van der Waals surface area (Å²) in [5, 5.41) is 12.7. The van der Waals surface area contributed by atoms with Gasteiger partial charge in [0.05, 0.1) is 0 Å². The molecular weight excluding hydrogens is 367 g/mol. The number of halogens is 1. The smallest absolute Gasteiger partial charge is 0.296 e. The average molecular weight is 388 g/mol. The monoisotopic (exact) mass is 388 g/mol. The number of nitrogens with zero attached hydrogens (tertiary/aromatic N) is 3. The third-order valence-electron chi connectivity index (χ3n) is 4.95. The normalized spacial score (nSPS) is 15.6. The molecule has 0 fully saturated rings. The molecule has 3 rings (SSSR count). The van der Waals surface area contributed by atoms with Gasteiger partial charge in [0, 0.05) is 39.5 Å². The van der Waals surface area contributed by atoms with Gasteiger partial charge in [-0.25, -0.2) is 9.37 Å². The van der Waals surface area contributed by atoms with E-state index in [4.69, 9.17) is 0 Å². The van der Waals surface area contributed by atoms with E-state index in [1.807, 2.05) is 0 Å². The van der Waals surface area contributed by atoms with Crippen molar-refractivity contribution in [2.75, 3.05) is 7.05 Å². The van der Waals surface area contributed by atoms with Crippen LogP contribution in [0, 0.1) is 5.82 Å². The SMILES string of the molecule is CC(=O)N(C)C1CCn2c(nc(C(=O)NCc3ccc(F)cc3)c(O)c2=O)C1. The van der Waals surface area contributed by atoms with Crippen LogP contribution in [0.4, 0.5) is 4.39 Å². The van der Waals surface area contributed by atoms with Crippen LogP contribution in [0.25, 0.3) is 0 Å². The molecule has 28 heavy (non-hydrogen) atoms. The van der Waals surface area contributed by atoms with E-state index in [0.717, 1.165) is 0 Å². The van der Waals surface area contributed by atoms with Gasteiger partial charge in [0.25, 0.3) is 11.5 Å². The summed E-state index contributed by atoms with van der Waals surface area (Å²) < 4.78 is 14.3. The Balaban J connectivity index is 1.82. The minimum absolute atomic E-state index is 0.0916. The van der Waals surface area contributed by atoms with Crippen molar-refractivity contribution in [1.29, 1.82) is 0 Å². The predicted molar refractivity (Wildman–Crippen MR) is 98.3 cm³/mol. The zero-order valence-corrected chi connectivity index (χ0v) is 15.6. The molecule has 2 amide bonds. The molecule has 1 aliphatic rings. The van der Waals surface area contributed by atoms with Crippen LogP contribution in [0.5, 0.6) is 5.75 Å². The maximum atomic E-state index is 13.0. The van der Waals surface area contributed by atoms with Crippen LogP contribution < -0.4 is 10.9 Å². The zero-order chi connectivity index (χ0) is 20.4. The van der Waals surface area contributed by atoms with Crippen LogP contribution in [0.15, 0.2) is 29.1 Å². The minimum atomic E-state index is -0.710. The lowest BCUT2D eigenvalue weighted by Gasteiger charge is -2.32. The number of rotatable bonds is 4. The average Bonchev–Trinajstić information content (AvgIpc) is 2.69. The number of aromatic nitrogens is 2. The number of hydrogen-bond acceptors (Lipinski definition) is 5. The van der Waals surface area contributed by atoms with E-state index >= 15 is 0 Å². The highest BCUT2D eigenvalue weighted by Crippen LogP contribution is 2.19. The van der Waals surface area contributed by atoms with Gasteiger partial charge in [-0.2, -0.15) is 0 Å². The number of amides is 2. The van der Waals surface area contributed by atoms with E-state index < -0.39 is 17.2 Å². The Hall–Kier alpha value is -3.23. The lowest BCUT2D eigenvalue weighted by Crippen LogP contribution is -2.44. The van der Waals surface area contributed by atoms with E-state index in [2.05, 4.69) is 10.3 Å². The summed E-state index contributed by atoms with van der Waals surface area (Å²) in [6.45, 7) is 1.85. The summed E-state index contributed by atoms with van der Waals surface area (Å²) in [5.74, 6) is -1.55. The van der Waals surface area contributed by atoms with Crippen LogP contribution in [-0.4, -0.2) is 44.5 Å². The fourth-order valence-corrected chi connectivity index (χ4v) is 3.18. The number of nitrogens with one attached hydrogen (secondary N) is 1. The molecule has 0 bridgehead atoms. The van der Waals surface area contributed by atoms with Crippen LogP contribution in [0.1, 0.15) is 35.2 Å². The van der Waals surface area contributed by atoms with Gasteiger partial charge in [0.1, 0.15) is 11.6 Å². The minimum Gasteiger partial charge on any atom is -0.501 e. The van der Waals surface area contributed by atoms with Gasteiger partial charge in [0.15, 0.2) is 5.69 Å². The Morgan fingerprint density at radius 2 is 2.04 bits per heavy atom. The molecule has 2 heterocycles. The molecule has 1 unspecified atom stereocenters. The van der Waals surface area contributed by atoms with Gasteiger partial charge in [-0.15, -0.1) is 0 Å². The number of fused-ring (bicyclic) bond motifs is 1. The Morgan fingerprint density at radius 1 is 1.36 bits per heavy atom. The molecular formula is C19H21FN4O4. The Kier molecular flexibility index (Phi) is 5.43. The number of benzene rings is 1. The van der Waals surface area contributed by atoms with E-state index in [-0.39, 0.29) is 30.0 Å². The second-order valence-electron chi connectivity index (χ2n) is 6.77. The molecule has 0 saturated carbocycles. The van der Waals surface area contributed by atoms with Crippen molar-refractivity contribution in [3.05, 3.63) is 57.5 Å². The Labute approximate surface area is 160 Å². The first kappa shape index (κ1) is 19.5. The highest BCUT2D eigenvalue weighted by Gasteiger charge is 2.28. The Bertz CT molecular complexity index is 971. The van der Waals surface area contributed by atoms with Gasteiger partial charge >= 0.3 is 0 Å². The molecule has 1 atom stereocenters. The quantitative estimate of drug-likeness (QED) is 0.807. The molecule has 8 nitrogen and oxygen atoms in total. The van der Waals surface area contributed by atoms with E-state index in [9.17, 15) is 23.9 Å². The number of likely N-dealkylation sites (N-methyl/N-ethyl adjacent to an activating group) is 1. The van der Waals surface area contributed by atoms with Crippen molar-refractivity contribution in [2.45, 2.75) is 38.9 Å². The lowest BCUT2D eigenvalue weighted by molar-refractivity contribution is -0.129. The summed E-state index contributed by atoms with van der Waals surface area (Å²) in [5.41, 5.74) is -0.377. The topological polar surface area (TPSA) is 105 Å². The second-order valence-corrected chi connectivity index (χ2v) is 6.77. The van der Waals surface area contributed by atoms with Crippen molar-refractivity contribution < 1.29 is 19.1 Å². The third-order valence-corrected chi connectivity index (χ3v) is 4.95. The van der Waals surface area contributed by atoms with Gasteiger partial charge < -0.3 is 15.3 Å². The van der Waals surface area contributed by atoms with E-state index in [1.54, 1.807) is 11.9 Å². The number of hydrogen-bond donors (Lipinski definition) is 2. The molecule has 148 valence electrons. The molecule has 2 N–H and O–H groups in total. The highest BCUT2D eigenvalue weighted by atomic mass is 19.1. The number of carbonyl (C=O) groups is 2. The van der Waals surface area contributed by atoms with Crippen molar-refractivity contribution in [2.24, 2.45) is 0 Å². The third kappa shape index (κ3) is 3.88. The molecule has 0 spiro atoms. The first-order valence-corrected chi connectivity index (χ1v) is 8.86. The predicted octanol–water partition coefficient (Wildman–Crippen LogP) is 0.811. The molecule has 1 aromatic carbocycles. The van der Waals surface area contributed by atoms with Crippen LogP contribution >= 0.6 is 0 Å². The molecule has 0 aliphatic carbocycles. The molecule has 0 saturated heterocycles. The number of carbonyl (C=O) groups excluding carboxylic acids is 2. The van der Waals surface area contributed by atoms with Crippen molar-refractivity contribution in [3.8, 4) is 5.75 Å². The Morgan fingerprint density at radius 3 is 2.68 bits per heavy atom. The van der Waals surface area contributed by atoms with Crippen LogP contribution in [0.2, 0.25) is 0 Å². The molecule has 1 aliphatic heterocycles. The summed E-state index contributed by atoms with van der Waals surface area (Å²) >= 11 is 0. The summed E-state index contributed by atoms with van der Waals surface area (Å²) in [4.78, 5) is 42.3. The van der Waals surface area contributed by atoms with Crippen molar-refractivity contribution >= 4 is 11.8 Å². The summed E-state index contributed by atoms with van der Waals surface area (Å²) in [6, 6.07) is 5.45. The van der Waals surface area contributed by atoms with Crippen LogP contribution in [0.3, 0.4) is 0 Å². The van der Waals surface area contributed by atoms with Crippen molar-refractivity contribution in [1.82, 2.24) is 19.8 Å². The lowest BCUT2D eigenvalue weighted by atomic mass is 10.0. The second kappa shape index (κ2) is 7.79. The van der Waals surface area contributed by atoms with E-state index in [0.29, 0.717) is 30.8 Å². The van der Waals surface area contributed by atoms with Gasteiger partial charge in [-0.05, 0) is 24.1 Å².